The molecule has 0 bridgehead atoms. The van der Waals surface area contributed by atoms with Gasteiger partial charge < -0.3 is 9.73 Å². The minimum Gasteiger partial charge on any atom is -0.459 e. The van der Waals surface area contributed by atoms with Gasteiger partial charge in [-0.25, -0.2) is 4.99 Å². The minimum atomic E-state index is 0.750. The number of nitrogens with one attached hydrogen (secondary N) is 1. The van der Waals surface area contributed by atoms with Crippen molar-refractivity contribution in [3.05, 3.63) is 102 Å². The van der Waals surface area contributed by atoms with E-state index in [1.807, 2.05) is 82.5 Å². The third-order valence-electron chi connectivity index (χ3n) is 4.54. The highest BCUT2D eigenvalue weighted by Crippen LogP contribution is 2.33. The van der Waals surface area contributed by atoms with E-state index in [4.69, 9.17) is 9.41 Å². The van der Waals surface area contributed by atoms with Crippen molar-refractivity contribution < 1.29 is 4.42 Å². The molecule has 3 nitrogen and oxygen atoms in total. The lowest BCUT2D eigenvalue weighted by molar-refractivity contribution is 0.569. The van der Waals surface area contributed by atoms with Crippen LogP contribution in [-0.4, -0.2) is 12.8 Å². The van der Waals surface area contributed by atoms with Gasteiger partial charge in [0.1, 0.15) is 11.4 Å². The quantitative estimate of drug-likeness (QED) is 0.375. The number of benzene rings is 1. The van der Waals surface area contributed by atoms with E-state index in [9.17, 15) is 0 Å². The first kappa shape index (κ1) is 22.1. The second-order valence-electron chi connectivity index (χ2n) is 6.47. The van der Waals surface area contributed by atoms with Gasteiger partial charge in [-0.2, -0.15) is 0 Å². The normalized spacial score (nSPS) is 13.7. The van der Waals surface area contributed by atoms with Crippen LogP contribution in [0.2, 0.25) is 0 Å². The Balaban J connectivity index is 2.77. The highest BCUT2D eigenvalue weighted by molar-refractivity contribution is 6.17. The molecule has 0 aliphatic carbocycles. The van der Waals surface area contributed by atoms with Crippen LogP contribution in [-0.2, 0) is 6.54 Å². The lowest BCUT2D eigenvalue weighted by Crippen LogP contribution is -2.05. The summed E-state index contributed by atoms with van der Waals surface area (Å²) in [5.41, 5.74) is 5.49. The average Bonchev–Trinajstić information content (AvgIpc) is 3.05. The van der Waals surface area contributed by atoms with Crippen LogP contribution in [0.1, 0.15) is 25.2 Å². The van der Waals surface area contributed by atoms with Crippen molar-refractivity contribution in [2.45, 2.75) is 27.3 Å². The second-order valence-corrected chi connectivity index (χ2v) is 6.47. The SMILES string of the molecule is C=C/C=C\C(=C/C)C(=Nc1cccc2c(CNC)c(C)oc12)/C(C=C)=C/C=C\C. The number of fused-ring (bicyclic) bond motifs is 1. The summed E-state index contributed by atoms with van der Waals surface area (Å²) in [5, 5.41) is 4.29. The monoisotopic (exact) mass is 386 g/mol. The minimum absolute atomic E-state index is 0.750. The number of allylic oxidation sites excluding steroid dienone is 10. The number of para-hydroxylation sites is 1. The van der Waals surface area contributed by atoms with E-state index in [0.717, 1.165) is 51.4 Å². The number of furan rings is 1. The van der Waals surface area contributed by atoms with Crippen molar-refractivity contribution in [1.82, 2.24) is 5.32 Å². The Morgan fingerprint density at radius 3 is 2.59 bits per heavy atom. The van der Waals surface area contributed by atoms with E-state index in [2.05, 4.69) is 24.5 Å². The summed E-state index contributed by atoms with van der Waals surface area (Å²) in [6, 6.07) is 6.08. The van der Waals surface area contributed by atoms with Crippen LogP contribution in [0.4, 0.5) is 5.69 Å². The number of hydrogen-bond acceptors (Lipinski definition) is 3. The predicted octanol–water partition coefficient (Wildman–Crippen LogP) is 6.91. The molecule has 2 rings (SSSR count). The van der Waals surface area contributed by atoms with Crippen molar-refractivity contribution in [3.8, 4) is 0 Å². The fourth-order valence-electron chi connectivity index (χ4n) is 3.10. The molecule has 1 aromatic heterocycles. The molecule has 0 aliphatic rings. The van der Waals surface area contributed by atoms with Crippen LogP contribution in [0, 0.1) is 6.92 Å². The van der Waals surface area contributed by atoms with Gasteiger partial charge in [0, 0.05) is 23.1 Å². The maximum atomic E-state index is 6.11. The van der Waals surface area contributed by atoms with E-state index < -0.39 is 0 Å². The first-order valence-electron chi connectivity index (χ1n) is 9.77. The third kappa shape index (κ3) is 5.21. The fourth-order valence-corrected chi connectivity index (χ4v) is 3.10. The summed E-state index contributed by atoms with van der Waals surface area (Å²) in [5.74, 6) is 0.907. The van der Waals surface area contributed by atoms with Crippen molar-refractivity contribution in [1.29, 1.82) is 0 Å². The molecule has 150 valence electrons. The molecule has 1 heterocycles. The molecule has 0 unspecified atom stereocenters. The molecular weight excluding hydrogens is 356 g/mol. The van der Waals surface area contributed by atoms with E-state index in [-0.39, 0.29) is 0 Å². The summed E-state index contributed by atoms with van der Waals surface area (Å²) in [7, 11) is 1.94. The van der Waals surface area contributed by atoms with Crippen LogP contribution in [0.5, 0.6) is 0 Å². The average molecular weight is 387 g/mol. The van der Waals surface area contributed by atoms with Gasteiger partial charge in [-0.15, -0.1) is 0 Å². The first-order chi connectivity index (χ1) is 14.1. The van der Waals surface area contributed by atoms with Crippen LogP contribution in [0.25, 0.3) is 11.0 Å². The summed E-state index contributed by atoms with van der Waals surface area (Å²) >= 11 is 0. The molecule has 2 aromatic rings. The molecule has 0 atom stereocenters. The van der Waals surface area contributed by atoms with Gasteiger partial charge in [0.05, 0.1) is 5.71 Å². The Kier molecular flexibility index (Phi) is 8.38. The third-order valence-corrected chi connectivity index (χ3v) is 4.54. The van der Waals surface area contributed by atoms with Crippen LogP contribution in [0.15, 0.2) is 101 Å². The Hall–Kier alpha value is -3.17. The summed E-state index contributed by atoms with van der Waals surface area (Å²) in [4.78, 5) is 5.02. The first-order valence-corrected chi connectivity index (χ1v) is 9.77. The Morgan fingerprint density at radius 2 is 1.97 bits per heavy atom. The van der Waals surface area contributed by atoms with Crippen LogP contribution < -0.4 is 5.32 Å². The van der Waals surface area contributed by atoms with E-state index in [1.54, 1.807) is 6.08 Å². The van der Waals surface area contributed by atoms with Gasteiger partial charge in [-0.1, -0.05) is 73.9 Å². The van der Waals surface area contributed by atoms with Gasteiger partial charge in [-0.05, 0) is 39.5 Å². The van der Waals surface area contributed by atoms with Crippen molar-refractivity contribution in [2.24, 2.45) is 4.99 Å². The smallest absolute Gasteiger partial charge is 0.160 e. The zero-order valence-corrected chi connectivity index (χ0v) is 17.8. The zero-order chi connectivity index (χ0) is 21.2. The molecule has 3 heteroatoms. The molecule has 0 amide bonds. The van der Waals surface area contributed by atoms with Crippen LogP contribution >= 0.6 is 0 Å². The molecule has 29 heavy (non-hydrogen) atoms. The van der Waals surface area contributed by atoms with Crippen molar-refractivity contribution in [2.75, 3.05) is 7.05 Å². The Labute approximate surface area is 174 Å². The molecule has 0 aliphatic heterocycles. The molecule has 0 saturated heterocycles. The van der Waals surface area contributed by atoms with Gasteiger partial charge in [0.25, 0.3) is 0 Å². The predicted molar refractivity (Wildman–Crippen MR) is 127 cm³/mol. The molecule has 0 radical (unpaired) electrons. The number of nitrogens with zero attached hydrogens (tertiary/aromatic N) is 1. The van der Waals surface area contributed by atoms with Crippen molar-refractivity contribution >= 4 is 22.4 Å². The largest absolute Gasteiger partial charge is 0.459 e. The Morgan fingerprint density at radius 1 is 1.17 bits per heavy atom. The van der Waals surface area contributed by atoms with Crippen molar-refractivity contribution in [3.63, 3.8) is 0 Å². The topological polar surface area (TPSA) is 37.5 Å². The maximum absolute atomic E-state index is 6.11. The number of hydrogen-bond donors (Lipinski definition) is 1. The van der Waals surface area contributed by atoms with Gasteiger partial charge >= 0.3 is 0 Å². The zero-order valence-electron chi connectivity index (χ0n) is 17.8. The number of aliphatic imine (C=N–C) groups is 1. The maximum Gasteiger partial charge on any atom is 0.160 e. The molecule has 1 aromatic carbocycles. The van der Waals surface area contributed by atoms with Gasteiger partial charge in [0.15, 0.2) is 5.58 Å². The standard InChI is InChI=1S/C26H30N2O/c1-7-11-14-20(9-3)25(21(10-4)15-12-8-2)28-24-17-13-16-22-23(18-27-6)19(5)29-26(22)24/h7-17,27H,1,4,18H2,2-3,5-6H3/b12-8-,14-11-,20-9+,21-15+,28-25?. The van der Waals surface area contributed by atoms with Crippen LogP contribution in [0.3, 0.4) is 0 Å². The van der Waals surface area contributed by atoms with E-state index in [1.165, 1.54) is 0 Å². The number of rotatable bonds is 9. The second kappa shape index (κ2) is 11.0. The molecule has 0 fully saturated rings. The van der Waals surface area contributed by atoms with E-state index in [0.29, 0.717) is 0 Å². The molecular formula is C26H30N2O. The molecule has 0 spiro atoms. The van der Waals surface area contributed by atoms with Gasteiger partial charge in [0.2, 0.25) is 0 Å². The molecule has 1 N–H and O–H groups in total. The lowest BCUT2D eigenvalue weighted by Gasteiger charge is -2.09. The van der Waals surface area contributed by atoms with E-state index >= 15 is 0 Å². The summed E-state index contributed by atoms with van der Waals surface area (Å²) < 4.78 is 6.11. The van der Waals surface area contributed by atoms with Gasteiger partial charge in [-0.3, -0.25) is 0 Å². The lowest BCUT2D eigenvalue weighted by atomic mass is 10.0. The highest BCUT2D eigenvalue weighted by atomic mass is 16.3. The summed E-state index contributed by atoms with van der Waals surface area (Å²) in [6.45, 7) is 14.5. The fraction of sp³-hybridized carbons (Fsp3) is 0.192. The number of aryl methyl sites for hydroxylation is 1. The molecule has 0 saturated carbocycles. The summed E-state index contributed by atoms with van der Waals surface area (Å²) in [6.07, 6.45) is 15.5. The Bertz CT molecular complexity index is 1030. The highest BCUT2D eigenvalue weighted by Gasteiger charge is 2.15.